The summed E-state index contributed by atoms with van der Waals surface area (Å²) in [5.41, 5.74) is 8.80. The van der Waals surface area contributed by atoms with Gasteiger partial charge in [0.15, 0.2) is 11.5 Å². The standard InChI is InChI=1S/C23H24N4O2/c1-23(2,3)27-13-17(20-21(24)25-14-26-22(20)27)15-10-11-18(19(12-15)28-4)29-16-8-6-5-7-9-16/h5-14H,1-4H3,(H2,24,25,26). The third-order valence-corrected chi connectivity index (χ3v) is 4.78. The van der Waals surface area contributed by atoms with E-state index in [2.05, 4.69) is 41.5 Å². The molecule has 6 nitrogen and oxygen atoms in total. The summed E-state index contributed by atoms with van der Waals surface area (Å²) < 4.78 is 13.7. The van der Waals surface area contributed by atoms with Crippen LogP contribution in [0.3, 0.4) is 0 Å². The molecule has 0 spiro atoms. The number of aromatic nitrogens is 3. The van der Waals surface area contributed by atoms with Crippen molar-refractivity contribution < 1.29 is 9.47 Å². The van der Waals surface area contributed by atoms with E-state index in [0.717, 1.165) is 27.9 Å². The van der Waals surface area contributed by atoms with Gasteiger partial charge in [0.1, 0.15) is 23.5 Å². The van der Waals surface area contributed by atoms with Crippen molar-refractivity contribution in [3.8, 4) is 28.4 Å². The smallest absolute Gasteiger partial charge is 0.169 e. The summed E-state index contributed by atoms with van der Waals surface area (Å²) in [6, 6.07) is 15.5. The molecule has 0 fully saturated rings. The third-order valence-electron chi connectivity index (χ3n) is 4.78. The number of ether oxygens (including phenoxy) is 2. The fourth-order valence-electron chi connectivity index (χ4n) is 3.35. The summed E-state index contributed by atoms with van der Waals surface area (Å²) in [6.07, 6.45) is 3.57. The molecule has 0 aliphatic heterocycles. The lowest BCUT2D eigenvalue weighted by atomic mass is 10.1. The maximum Gasteiger partial charge on any atom is 0.169 e. The van der Waals surface area contributed by atoms with Crippen LogP contribution in [-0.2, 0) is 5.54 Å². The van der Waals surface area contributed by atoms with E-state index in [4.69, 9.17) is 15.2 Å². The van der Waals surface area contributed by atoms with Crippen LogP contribution in [0.2, 0.25) is 0 Å². The summed E-state index contributed by atoms with van der Waals surface area (Å²) in [5, 5.41) is 0.834. The minimum atomic E-state index is -0.155. The summed E-state index contributed by atoms with van der Waals surface area (Å²) in [5.74, 6) is 2.49. The first-order valence-electron chi connectivity index (χ1n) is 9.42. The molecule has 2 N–H and O–H groups in total. The highest BCUT2D eigenvalue weighted by atomic mass is 16.5. The van der Waals surface area contributed by atoms with Gasteiger partial charge < -0.3 is 19.8 Å². The van der Waals surface area contributed by atoms with Gasteiger partial charge in [-0.25, -0.2) is 9.97 Å². The molecule has 4 aromatic rings. The first-order chi connectivity index (χ1) is 13.9. The Morgan fingerprint density at radius 1 is 0.966 bits per heavy atom. The number of nitrogens with zero attached hydrogens (tertiary/aromatic N) is 3. The molecule has 2 heterocycles. The molecule has 2 aromatic carbocycles. The van der Waals surface area contributed by atoms with E-state index in [0.29, 0.717) is 17.3 Å². The van der Waals surface area contributed by atoms with Crippen molar-refractivity contribution in [2.45, 2.75) is 26.3 Å². The number of anilines is 1. The first kappa shape index (κ1) is 18.8. The van der Waals surface area contributed by atoms with Crippen molar-refractivity contribution in [2.24, 2.45) is 0 Å². The van der Waals surface area contributed by atoms with Gasteiger partial charge in [0, 0.05) is 17.3 Å². The van der Waals surface area contributed by atoms with Crippen molar-refractivity contribution >= 4 is 16.9 Å². The van der Waals surface area contributed by atoms with E-state index in [-0.39, 0.29) is 5.54 Å². The summed E-state index contributed by atoms with van der Waals surface area (Å²) in [4.78, 5) is 8.69. The van der Waals surface area contributed by atoms with Crippen LogP contribution in [0.25, 0.3) is 22.2 Å². The van der Waals surface area contributed by atoms with Gasteiger partial charge in [0.2, 0.25) is 0 Å². The number of para-hydroxylation sites is 1. The Labute approximate surface area is 169 Å². The van der Waals surface area contributed by atoms with Crippen molar-refractivity contribution in [1.29, 1.82) is 0 Å². The molecule has 0 unspecified atom stereocenters. The number of methoxy groups -OCH3 is 1. The molecule has 0 radical (unpaired) electrons. The van der Waals surface area contributed by atoms with E-state index in [1.165, 1.54) is 6.33 Å². The second-order valence-corrected chi connectivity index (χ2v) is 7.82. The van der Waals surface area contributed by atoms with Gasteiger partial charge in [-0.2, -0.15) is 0 Å². The molecule has 0 saturated carbocycles. The summed E-state index contributed by atoms with van der Waals surface area (Å²) in [7, 11) is 1.63. The molecule has 4 rings (SSSR count). The molecule has 0 bridgehead atoms. The predicted molar refractivity (Wildman–Crippen MR) is 115 cm³/mol. The lowest BCUT2D eigenvalue weighted by Gasteiger charge is -2.21. The second kappa shape index (κ2) is 7.13. The van der Waals surface area contributed by atoms with E-state index >= 15 is 0 Å². The molecule has 0 aliphatic rings. The molecule has 2 aromatic heterocycles. The zero-order valence-corrected chi connectivity index (χ0v) is 17.0. The normalized spacial score (nSPS) is 11.6. The molecule has 0 atom stereocenters. The Balaban J connectivity index is 1.84. The minimum absolute atomic E-state index is 0.155. The van der Waals surface area contributed by atoms with E-state index in [9.17, 15) is 0 Å². The van der Waals surface area contributed by atoms with Crippen molar-refractivity contribution in [3.05, 3.63) is 61.1 Å². The number of nitrogens with two attached hydrogens (primary N) is 1. The number of benzene rings is 2. The zero-order valence-electron chi connectivity index (χ0n) is 17.0. The van der Waals surface area contributed by atoms with Gasteiger partial charge in [0.25, 0.3) is 0 Å². The van der Waals surface area contributed by atoms with Gasteiger partial charge >= 0.3 is 0 Å². The number of hydrogen-bond donors (Lipinski definition) is 1. The SMILES string of the molecule is COc1cc(-c2cn(C(C)(C)C)c3ncnc(N)c23)ccc1Oc1ccccc1. The van der Waals surface area contributed by atoms with Crippen LogP contribution in [0.5, 0.6) is 17.2 Å². The Hall–Kier alpha value is -3.54. The molecular weight excluding hydrogens is 364 g/mol. The van der Waals surface area contributed by atoms with E-state index in [1.807, 2.05) is 48.5 Å². The van der Waals surface area contributed by atoms with Gasteiger partial charge in [-0.3, -0.25) is 0 Å². The summed E-state index contributed by atoms with van der Waals surface area (Å²) >= 11 is 0. The highest BCUT2D eigenvalue weighted by molar-refractivity contribution is 6.01. The topological polar surface area (TPSA) is 75.2 Å². The Morgan fingerprint density at radius 2 is 1.72 bits per heavy atom. The molecule has 29 heavy (non-hydrogen) atoms. The van der Waals surface area contributed by atoms with Crippen LogP contribution in [0.4, 0.5) is 5.82 Å². The molecule has 0 amide bonds. The van der Waals surface area contributed by atoms with Gasteiger partial charge in [-0.15, -0.1) is 0 Å². The maximum absolute atomic E-state index is 6.23. The lowest BCUT2D eigenvalue weighted by Crippen LogP contribution is -2.21. The van der Waals surface area contributed by atoms with Crippen molar-refractivity contribution in [3.63, 3.8) is 0 Å². The van der Waals surface area contributed by atoms with Crippen LogP contribution in [-0.4, -0.2) is 21.6 Å². The highest BCUT2D eigenvalue weighted by Crippen LogP contribution is 2.40. The predicted octanol–water partition coefficient (Wildman–Crippen LogP) is 5.24. The number of hydrogen-bond acceptors (Lipinski definition) is 5. The first-order valence-corrected chi connectivity index (χ1v) is 9.42. The Morgan fingerprint density at radius 3 is 2.41 bits per heavy atom. The molecule has 0 aliphatic carbocycles. The summed E-state index contributed by atoms with van der Waals surface area (Å²) in [6.45, 7) is 6.39. The molecule has 6 heteroatoms. The molecule has 148 valence electrons. The van der Waals surface area contributed by atoms with Gasteiger partial charge in [0.05, 0.1) is 12.5 Å². The fourth-order valence-corrected chi connectivity index (χ4v) is 3.35. The maximum atomic E-state index is 6.23. The zero-order chi connectivity index (χ0) is 20.6. The van der Waals surface area contributed by atoms with Gasteiger partial charge in [-0.05, 0) is 50.6 Å². The van der Waals surface area contributed by atoms with E-state index < -0.39 is 0 Å². The van der Waals surface area contributed by atoms with Crippen LogP contribution in [0, 0.1) is 0 Å². The fraction of sp³-hybridized carbons (Fsp3) is 0.217. The third kappa shape index (κ3) is 3.49. The average Bonchev–Trinajstić information content (AvgIpc) is 3.11. The Bertz CT molecular complexity index is 1160. The van der Waals surface area contributed by atoms with Crippen molar-refractivity contribution in [1.82, 2.24) is 14.5 Å². The molecular formula is C23H24N4O2. The van der Waals surface area contributed by atoms with Crippen LogP contribution in [0.1, 0.15) is 20.8 Å². The second-order valence-electron chi connectivity index (χ2n) is 7.82. The van der Waals surface area contributed by atoms with Crippen LogP contribution >= 0.6 is 0 Å². The lowest BCUT2D eigenvalue weighted by molar-refractivity contribution is 0.379. The average molecular weight is 388 g/mol. The largest absolute Gasteiger partial charge is 0.493 e. The van der Waals surface area contributed by atoms with Gasteiger partial charge in [-0.1, -0.05) is 24.3 Å². The minimum Gasteiger partial charge on any atom is -0.493 e. The number of fused-ring (bicyclic) bond motifs is 1. The quantitative estimate of drug-likeness (QED) is 0.518. The van der Waals surface area contributed by atoms with Crippen molar-refractivity contribution in [2.75, 3.05) is 12.8 Å². The Kier molecular flexibility index (Phi) is 4.62. The monoisotopic (exact) mass is 388 g/mol. The number of nitrogen functional groups attached to an aromatic ring is 1. The van der Waals surface area contributed by atoms with Crippen LogP contribution in [0.15, 0.2) is 61.1 Å². The number of rotatable bonds is 4. The molecule has 0 saturated heterocycles. The highest BCUT2D eigenvalue weighted by Gasteiger charge is 2.22. The van der Waals surface area contributed by atoms with E-state index in [1.54, 1.807) is 7.11 Å². The van der Waals surface area contributed by atoms with Crippen LogP contribution < -0.4 is 15.2 Å².